The molecule has 6 heteroatoms. The molecular weight excluding hydrogens is 785 g/mol. The van der Waals surface area contributed by atoms with Gasteiger partial charge in [-0.2, -0.15) is 0 Å². The van der Waals surface area contributed by atoms with Crippen molar-refractivity contribution < 1.29 is 23.0 Å². The molecule has 0 N–H and O–H groups in total. The van der Waals surface area contributed by atoms with E-state index in [1.54, 1.807) is 27.3 Å². The fourth-order valence-corrected chi connectivity index (χ4v) is 9.46. The molecule has 0 radical (unpaired) electrons. The summed E-state index contributed by atoms with van der Waals surface area (Å²) in [6, 6.07) is 41.7. The van der Waals surface area contributed by atoms with Crippen LogP contribution in [0.3, 0.4) is 0 Å². The van der Waals surface area contributed by atoms with Crippen molar-refractivity contribution in [1.29, 1.82) is 0 Å². The Balaban J connectivity index is 1.07. The lowest BCUT2D eigenvalue weighted by molar-refractivity contribution is -0.571. The third-order valence-corrected chi connectivity index (χ3v) is 13.4. The molecule has 0 fully saturated rings. The molecule has 5 nitrogen and oxygen atoms in total. The number of aromatic nitrogens is 4. The second kappa shape index (κ2) is 15.6. The van der Waals surface area contributed by atoms with Crippen molar-refractivity contribution in [1.82, 2.24) is 14.1 Å². The van der Waals surface area contributed by atoms with Crippen LogP contribution in [0.2, 0.25) is 19.6 Å². The number of nitrogens with zero attached hydrogens (tertiary/aromatic N) is 4. The van der Waals surface area contributed by atoms with E-state index in [1.165, 1.54) is 5.19 Å². The zero-order valence-electron chi connectivity index (χ0n) is 44.6. The molecule has 3 aromatic heterocycles. The van der Waals surface area contributed by atoms with Gasteiger partial charge in [-0.3, -0.25) is 13.7 Å². The largest absolute Gasteiger partial charge is 0.458 e. The summed E-state index contributed by atoms with van der Waals surface area (Å²) in [5, 5.41) is 3.41. The van der Waals surface area contributed by atoms with Gasteiger partial charge < -0.3 is 4.74 Å². The summed E-state index contributed by atoms with van der Waals surface area (Å²) in [4.78, 5) is 4.92. The highest BCUT2D eigenvalue weighted by Crippen LogP contribution is 2.38. The van der Waals surface area contributed by atoms with Crippen LogP contribution >= 0.6 is 0 Å². The fraction of sp³-hybridized carbons (Fsp3) is 0.0526. The number of pyridine rings is 1. The van der Waals surface area contributed by atoms with Crippen molar-refractivity contribution >= 4 is 46.1 Å². The number of imidazole rings is 1. The van der Waals surface area contributed by atoms with Gasteiger partial charge in [-0.15, -0.1) is 0 Å². The first-order valence-corrected chi connectivity index (χ1v) is 24.1. The summed E-state index contributed by atoms with van der Waals surface area (Å²) in [6.45, 7) is 6.97. The van der Waals surface area contributed by atoms with Crippen molar-refractivity contribution in [3.05, 3.63) is 219 Å². The molecular formula is C57H44N4OSi. The number of fused-ring (bicyclic) bond motifs is 4. The maximum absolute atomic E-state index is 9.03. The number of para-hydroxylation sites is 3. The van der Waals surface area contributed by atoms with Crippen LogP contribution in [0.15, 0.2) is 212 Å². The van der Waals surface area contributed by atoms with E-state index >= 15 is 0 Å². The minimum atomic E-state index is -1.71. The van der Waals surface area contributed by atoms with E-state index in [1.807, 2.05) is 85.1 Å². The zero-order chi connectivity index (χ0) is 51.2. The zero-order valence-corrected chi connectivity index (χ0v) is 35.6. The standard InChI is InChI=1S/C57H44N4OSi/c1-63(2,3)47-33-34-58-56(38-47)61-52-32-29-43(40-17-7-4-8-18-40)35-51(52)50-31-30-46(37-55(50)61)62-45-24-15-23-44(36-45)59-39-60(54-28-14-13-27-53(54)59)57-48(41-19-9-5-10-20-41)25-16-26-49(57)42-21-11-6-12-22-42/h4-38H,1-3H3/i5D,6D,9D,10D,11D,12D,19D,20D,21D,22D. The highest BCUT2D eigenvalue weighted by molar-refractivity contribution is 6.88. The Hall–Kier alpha value is -7.80. The third kappa shape index (κ3) is 7.00. The maximum atomic E-state index is 9.03. The normalized spacial score (nSPS) is 14.0. The Kier molecular flexibility index (Phi) is 7.09. The number of rotatable bonds is 9. The summed E-state index contributed by atoms with van der Waals surface area (Å²) in [5.74, 6) is 1.92. The molecule has 8 aromatic carbocycles. The highest BCUT2D eigenvalue weighted by atomic mass is 28.3. The molecule has 0 amide bonds. The summed E-state index contributed by atoms with van der Waals surface area (Å²) >= 11 is 0. The van der Waals surface area contributed by atoms with Gasteiger partial charge in [0.15, 0.2) is 0 Å². The topological polar surface area (TPSA) is 35.9 Å². The summed E-state index contributed by atoms with van der Waals surface area (Å²) in [5.41, 5.74) is 6.25. The summed E-state index contributed by atoms with van der Waals surface area (Å²) in [6.07, 6.45) is 5.34. The first-order chi connectivity index (χ1) is 35.0. The highest BCUT2D eigenvalue weighted by Gasteiger charge is 2.22. The van der Waals surface area contributed by atoms with E-state index in [-0.39, 0.29) is 27.9 Å². The molecule has 11 rings (SSSR count). The van der Waals surface area contributed by atoms with Crippen LogP contribution in [-0.4, -0.2) is 22.2 Å². The first-order valence-electron chi connectivity index (χ1n) is 25.6. The van der Waals surface area contributed by atoms with Gasteiger partial charge in [0.1, 0.15) is 17.3 Å². The molecule has 0 saturated carbocycles. The minimum Gasteiger partial charge on any atom is -0.458 e. The van der Waals surface area contributed by atoms with Gasteiger partial charge in [0.25, 0.3) is 6.33 Å². The number of ether oxygens (including phenoxy) is 1. The third-order valence-electron chi connectivity index (χ3n) is 11.4. The molecule has 0 aliphatic carbocycles. The van der Waals surface area contributed by atoms with Crippen molar-refractivity contribution in [3.8, 4) is 62.1 Å². The smallest absolute Gasteiger partial charge is 0.269 e. The lowest BCUT2D eigenvalue weighted by atomic mass is 9.95. The van der Waals surface area contributed by atoms with Gasteiger partial charge in [-0.25, -0.2) is 4.98 Å². The van der Waals surface area contributed by atoms with Crippen LogP contribution in [0.5, 0.6) is 11.5 Å². The van der Waals surface area contributed by atoms with Gasteiger partial charge >= 0.3 is 0 Å². The van der Waals surface area contributed by atoms with Crippen molar-refractivity contribution in [2.45, 2.75) is 19.6 Å². The predicted octanol–water partition coefficient (Wildman–Crippen LogP) is 13.5. The monoisotopic (exact) mass is 838 g/mol. The van der Waals surface area contributed by atoms with E-state index in [0.717, 1.165) is 38.8 Å². The lowest BCUT2D eigenvalue weighted by Crippen LogP contribution is -2.37. The molecule has 63 heavy (non-hydrogen) atoms. The number of hydrogen-bond donors (Lipinski definition) is 0. The van der Waals surface area contributed by atoms with Gasteiger partial charge in [-0.1, -0.05) is 170 Å². The number of benzene rings is 8. The van der Waals surface area contributed by atoms with Crippen LogP contribution in [-0.2, 0) is 0 Å². The fourth-order valence-electron chi connectivity index (χ4n) is 8.33. The molecule has 0 saturated heterocycles. The molecule has 0 bridgehead atoms. The molecule has 0 aliphatic rings. The molecule has 11 aromatic rings. The quantitative estimate of drug-likeness (QED) is 0.0825. The van der Waals surface area contributed by atoms with Gasteiger partial charge in [0.05, 0.1) is 55.2 Å². The predicted molar refractivity (Wildman–Crippen MR) is 262 cm³/mol. The maximum Gasteiger partial charge on any atom is 0.269 e. The lowest BCUT2D eigenvalue weighted by Gasteiger charge is -2.18. The Morgan fingerprint density at radius 3 is 2.00 bits per heavy atom. The Morgan fingerprint density at radius 1 is 0.556 bits per heavy atom. The van der Waals surface area contributed by atoms with Crippen LogP contribution < -0.4 is 14.5 Å². The summed E-state index contributed by atoms with van der Waals surface area (Å²) < 4.78 is 99.5. The Bertz CT molecular complexity index is 3930. The van der Waals surface area contributed by atoms with E-state index < -0.39 is 68.5 Å². The minimum absolute atomic E-state index is 0.129. The van der Waals surface area contributed by atoms with Crippen LogP contribution in [0.4, 0.5) is 0 Å². The average molecular weight is 839 g/mol. The first kappa shape index (κ1) is 28.7. The molecule has 0 spiro atoms. The second-order valence-electron chi connectivity index (χ2n) is 16.3. The molecule has 302 valence electrons. The summed E-state index contributed by atoms with van der Waals surface area (Å²) in [7, 11) is -1.71. The van der Waals surface area contributed by atoms with Crippen molar-refractivity contribution in [3.63, 3.8) is 0 Å². The molecule has 0 unspecified atom stereocenters. The van der Waals surface area contributed by atoms with Crippen molar-refractivity contribution in [2.24, 2.45) is 0 Å². The molecule has 3 heterocycles. The van der Waals surface area contributed by atoms with E-state index in [0.29, 0.717) is 28.2 Å². The SMILES string of the molecule is [2H]c1c([2H])c([2H])c(-c2cccc(-c3c([2H])c([2H])c([2H])c([2H])c3[2H])c2-[n+]2[c-]n(-c3cccc(Oc4ccc5c6cc(-c7ccccc7)ccc6n(-c6cc([Si](C)(C)C)ccn6)c5c4)c3)c3ccccc32)c([2H])c1[2H]. The number of hydrogen-bond acceptors (Lipinski definition) is 2. The Morgan fingerprint density at radius 2 is 1.25 bits per heavy atom. The molecule has 0 aliphatic heterocycles. The van der Waals surface area contributed by atoms with E-state index in [9.17, 15) is 0 Å². The Labute approximate surface area is 382 Å². The van der Waals surface area contributed by atoms with Gasteiger partial charge in [0.2, 0.25) is 0 Å². The second-order valence-corrected chi connectivity index (χ2v) is 21.4. The average Bonchev–Trinajstić information content (AvgIpc) is 3.94. The van der Waals surface area contributed by atoms with Gasteiger partial charge in [0, 0.05) is 23.0 Å². The van der Waals surface area contributed by atoms with Crippen LogP contribution in [0.25, 0.3) is 83.4 Å². The van der Waals surface area contributed by atoms with Crippen LogP contribution in [0, 0.1) is 6.33 Å². The van der Waals surface area contributed by atoms with E-state index in [4.69, 9.17) is 23.4 Å². The molecule has 0 atom stereocenters. The van der Waals surface area contributed by atoms with E-state index in [2.05, 4.69) is 79.1 Å². The van der Waals surface area contributed by atoms with Crippen molar-refractivity contribution in [2.75, 3.05) is 0 Å². The van der Waals surface area contributed by atoms with Crippen LogP contribution in [0.1, 0.15) is 13.7 Å². The van der Waals surface area contributed by atoms with Gasteiger partial charge in [-0.05, 0) is 88.0 Å².